The molecule has 0 aromatic heterocycles. The summed E-state index contributed by atoms with van der Waals surface area (Å²) < 4.78 is 0. The Balaban J connectivity index is 1.62. The fourth-order valence-electron chi connectivity index (χ4n) is 3.75. The molecule has 1 amide bonds. The van der Waals surface area contributed by atoms with E-state index in [4.69, 9.17) is 0 Å². The number of rotatable bonds is 5. The first-order valence-electron chi connectivity index (χ1n) is 9.10. The van der Waals surface area contributed by atoms with Gasteiger partial charge in [0.1, 0.15) is 0 Å². The van der Waals surface area contributed by atoms with Gasteiger partial charge in [0.25, 0.3) is 0 Å². The van der Waals surface area contributed by atoms with Crippen molar-refractivity contribution in [3.05, 3.63) is 70.6 Å². The number of hydrogen-bond acceptors (Lipinski definition) is 4. The van der Waals surface area contributed by atoms with E-state index in [1.165, 1.54) is 5.57 Å². The van der Waals surface area contributed by atoms with Crippen molar-refractivity contribution in [2.24, 2.45) is 10.9 Å². The summed E-state index contributed by atoms with van der Waals surface area (Å²) in [5.74, 6) is -0.0900. The molecule has 0 aromatic carbocycles. The zero-order valence-electron chi connectivity index (χ0n) is 15.2. The molecule has 0 saturated carbocycles. The summed E-state index contributed by atoms with van der Waals surface area (Å²) in [4.78, 5) is 19.6. The zero-order chi connectivity index (χ0) is 18.1. The van der Waals surface area contributed by atoms with E-state index >= 15 is 0 Å². The lowest BCUT2D eigenvalue weighted by atomic mass is 9.83. The van der Waals surface area contributed by atoms with E-state index in [2.05, 4.69) is 38.8 Å². The summed E-state index contributed by atoms with van der Waals surface area (Å²) in [6, 6.07) is 0.165. The first-order valence-corrected chi connectivity index (χ1v) is 9.10. The molecule has 2 N–H and O–H groups in total. The van der Waals surface area contributed by atoms with Crippen LogP contribution >= 0.6 is 0 Å². The lowest BCUT2D eigenvalue weighted by Gasteiger charge is -2.26. The molecule has 2 aliphatic carbocycles. The van der Waals surface area contributed by atoms with Crippen LogP contribution in [-0.2, 0) is 4.79 Å². The van der Waals surface area contributed by atoms with E-state index in [-0.39, 0.29) is 17.9 Å². The quantitative estimate of drug-likeness (QED) is 0.746. The number of hydrogen-bond donors (Lipinski definition) is 2. The summed E-state index contributed by atoms with van der Waals surface area (Å²) in [5.41, 5.74) is 5.06. The monoisotopic (exact) mass is 348 g/mol. The maximum Gasteiger partial charge on any atom is 0.248 e. The zero-order valence-corrected chi connectivity index (χ0v) is 15.2. The van der Waals surface area contributed by atoms with Crippen molar-refractivity contribution in [1.29, 1.82) is 0 Å². The number of nitrogens with one attached hydrogen (secondary N) is 2. The standard InChI is InChI=1S/C21H24N4O/c1-25(2)12-6-11-23-21(26)17-13-16-14-7-3-4-9-18(14)24-20(16)19-15(17)8-5-10-22-19/h3-5,7-10,13,15,18,24H,6,11-12H2,1-2H3,(H,23,26). The second-order valence-corrected chi connectivity index (χ2v) is 7.15. The van der Waals surface area contributed by atoms with Gasteiger partial charge in [-0.2, -0.15) is 0 Å². The van der Waals surface area contributed by atoms with E-state index in [1.54, 1.807) is 6.21 Å². The van der Waals surface area contributed by atoms with Crippen LogP contribution in [0.25, 0.3) is 0 Å². The van der Waals surface area contributed by atoms with Crippen LogP contribution in [0.4, 0.5) is 0 Å². The van der Waals surface area contributed by atoms with Crippen LogP contribution in [0.2, 0.25) is 0 Å². The molecule has 0 radical (unpaired) electrons. The second kappa shape index (κ2) is 6.92. The lowest BCUT2D eigenvalue weighted by Crippen LogP contribution is -2.33. The van der Waals surface area contributed by atoms with Crippen LogP contribution in [0.3, 0.4) is 0 Å². The average Bonchev–Trinajstić information content (AvgIpc) is 3.03. The second-order valence-electron chi connectivity index (χ2n) is 7.15. The van der Waals surface area contributed by atoms with Gasteiger partial charge in [-0.1, -0.05) is 30.4 Å². The fourth-order valence-corrected chi connectivity index (χ4v) is 3.75. The summed E-state index contributed by atoms with van der Waals surface area (Å²) in [7, 11) is 4.08. The molecule has 134 valence electrons. The molecule has 4 aliphatic rings. The van der Waals surface area contributed by atoms with Gasteiger partial charge in [0.05, 0.1) is 23.4 Å². The Bertz CT molecular complexity index is 836. The first kappa shape index (κ1) is 16.8. The van der Waals surface area contributed by atoms with Gasteiger partial charge in [-0.15, -0.1) is 0 Å². The molecule has 2 heterocycles. The highest BCUT2D eigenvalue weighted by atomic mass is 16.1. The topological polar surface area (TPSA) is 56.7 Å². The number of dihydropyridines is 1. The Morgan fingerprint density at radius 3 is 3.00 bits per heavy atom. The number of amides is 1. The van der Waals surface area contributed by atoms with Crippen LogP contribution < -0.4 is 10.6 Å². The van der Waals surface area contributed by atoms with E-state index in [1.807, 2.05) is 38.4 Å². The van der Waals surface area contributed by atoms with Crippen LogP contribution in [0.1, 0.15) is 6.42 Å². The van der Waals surface area contributed by atoms with Gasteiger partial charge in [-0.25, -0.2) is 0 Å². The van der Waals surface area contributed by atoms with E-state index in [0.717, 1.165) is 35.5 Å². The molecule has 5 heteroatoms. The average molecular weight is 348 g/mol. The molecule has 2 aliphatic heterocycles. The van der Waals surface area contributed by atoms with Crippen LogP contribution in [-0.4, -0.2) is 50.2 Å². The fraction of sp³-hybridized carbons (Fsp3) is 0.333. The molecule has 0 saturated heterocycles. The molecule has 2 atom stereocenters. The largest absolute Gasteiger partial charge is 0.373 e. The van der Waals surface area contributed by atoms with Crippen LogP contribution in [0.5, 0.6) is 0 Å². The lowest BCUT2D eigenvalue weighted by molar-refractivity contribution is -0.117. The third-order valence-corrected chi connectivity index (χ3v) is 5.02. The molecule has 0 spiro atoms. The maximum absolute atomic E-state index is 12.9. The Hall–Kier alpha value is -2.66. The smallest absolute Gasteiger partial charge is 0.248 e. The molecular weight excluding hydrogens is 324 g/mol. The van der Waals surface area contributed by atoms with Crippen molar-refractivity contribution in [1.82, 2.24) is 15.5 Å². The molecule has 0 aromatic rings. The molecule has 5 nitrogen and oxygen atoms in total. The maximum atomic E-state index is 12.9. The van der Waals surface area contributed by atoms with Crippen LogP contribution in [0, 0.1) is 5.92 Å². The van der Waals surface area contributed by atoms with Crippen molar-refractivity contribution >= 4 is 12.1 Å². The predicted molar refractivity (Wildman–Crippen MR) is 105 cm³/mol. The van der Waals surface area contributed by atoms with Gasteiger partial charge in [-0.05, 0) is 44.8 Å². The number of nitrogens with zero attached hydrogens (tertiary/aromatic N) is 2. The van der Waals surface area contributed by atoms with Gasteiger partial charge in [0.2, 0.25) is 5.91 Å². The molecule has 26 heavy (non-hydrogen) atoms. The van der Waals surface area contributed by atoms with E-state index in [9.17, 15) is 4.79 Å². The van der Waals surface area contributed by atoms with Crippen molar-refractivity contribution in [3.8, 4) is 0 Å². The first-order chi connectivity index (χ1) is 12.6. The van der Waals surface area contributed by atoms with Gasteiger partial charge >= 0.3 is 0 Å². The summed E-state index contributed by atoms with van der Waals surface area (Å²) in [6.07, 6.45) is 17.1. The molecular formula is C21H24N4O. The van der Waals surface area contributed by atoms with Crippen molar-refractivity contribution in [2.75, 3.05) is 27.2 Å². The summed E-state index contributed by atoms with van der Waals surface area (Å²) in [6.45, 7) is 1.63. The SMILES string of the molecule is CN(C)CCCNC(=O)C1=CC2=C3C=CC=CC3NC2=C2N=CC=CC12. The van der Waals surface area contributed by atoms with Gasteiger partial charge < -0.3 is 15.5 Å². The minimum Gasteiger partial charge on any atom is -0.373 e. The minimum absolute atomic E-state index is 0.000984. The van der Waals surface area contributed by atoms with Crippen LogP contribution in [0.15, 0.2) is 75.6 Å². The third-order valence-electron chi connectivity index (χ3n) is 5.02. The summed E-state index contributed by atoms with van der Waals surface area (Å²) >= 11 is 0. The molecule has 0 bridgehead atoms. The van der Waals surface area contributed by atoms with E-state index in [0.29, 0.717) is 6.54 Å². The molecule has 0 fully saturated rings. The minimum atomic E-state index is -0.0891. The van der Waals surface area contributed by atoms with Gasteiger partial charge in [0.15, 0.2) is 0 Å². The summed E-state index contributed by atoms with van der Waals surface area (Å²) in [5, 5.41) is 6.63. The Labute approximate surface area is 154 Å². The number of aliphatic imine (C=N–C) groups is 1. The molecule has 2 unspecified atom stereocenters. The van der Waals surface area contributed by atoms with E-state index < -0.39 is 0 Å². The normalized spacial score (nSPS) is 25.1. The highest BCUT2D eigenvalue weighted by molar-refractivity contribution is 5.97. The van der Waals surface area contributed by atoms with Gasteiger partial charge in [0, 0.05) is 23.9 Å². The number of carbonyl (C=O) groups excluding carboxylic acids is 1. The van der Waals surface area contributed by atoms with Gasteiger partial charge in [-0.3, -0.25) is 9.79 Å². The predicted octanol–water partition coefficient (Wildman–Crippen LogP) is 1.86. The number of fused-ring (bicyclic) bond motifs is 3. The Morgan fingerprint density at radius 2 is 2.15 bits per heavy atom. The number of allylic oxidation sites excluding steroid dienone is 5. The Morgan fingerprint density at radius 1 is 1.27 bits per heavy atom. The molecule has 4 rings (SSSR count). The third kappa shape index (κ3) is 2.99. The van der Waals surface area contributed by atoms with Crippen molar-refractivity contribution < 1.29 is 4.79 Å². The van der Waals surface area contributed by atoms with Crippen molar-refractivity contribution in [3.63, 3.8) is 0 Å². The highest BCUT2D eigenvalue weighted by Gasteiger charge is 2.37. The highest BCUT2D eigenvalue weighted by Crippen LogP contribution is 2.41. The number of carbonyl (C=O) groups is 1. The Kier molecular flexibility index (Phi) is 4.47. The van der Waals surface area contributed by atoms with Crippen molar-refractivity contribution in [2.45, 2.75) is 12.5 Å².